The first-order valence-corrected chi connectivity index (χ1v) is 7.33. The van der Waals surface area contributed by atoms with Crippen molar-refractivity contribution < 1.29 is 27.8 Å². The number of amides is 1. The molecule has 124 valence electrons. The van der Waals surface area contributed by atoms with Crippen LogP contribution in [0, 0.1) is 0 Å². The number of hydrogen-bond acceptors (Lipinski definition) is 5. The van der Waals surface area contributed by atoms with Crippen LogP contribution in [0.1, 0.15) is 33.3 Å². The van der Waals surface area contributed by atoms with E-state index in [1.54, 1.807) is 6.07 Å². The number of nitrogens with zero attached hydrogens (tertiary/aromatic N) is 1. The Morgan fingerprint density at radius 1 is 1.43 bits per heavy atom. The lowest BCUT2D eigenvalue weighted by molar-refractivity contribution is -0.274. The Hall–Kier alpha value is -2.13. The Morgan fingerprint density at radius 2 is 2.13 bits per heavy atom. The van der Waals surface area contributed by atoms with E-state index < -0.39 is 18.4 Å². The van der Waals surface area contributed by atoms with E-state index in [2.05, 4.69) is 15.0 Å². The Labute approximate surface area is 133 Å². The van der Waals surface area contributed by atoms with Crippen LogP contribution in [0.2, 0.25) is 0 Å². The average Bonchev–Trinajstić information content (AvgIpc) is 2.94. The summed E-state index contributed by atoms with van der Waals surface area (Å²) in [6.45, 7) is 1.39. The molecule has 9 heteroatoms. The fourth-order valence-electron chi connectivity index (χ4n) is 1.72. The minimum absolute atomic E-state index is 0.132. The topological polar surface area (TPSA) is 71.5 Å². The number of carbonyl (C=O) groups excluding carboxylic acids is 1. The molecule has 23 heavy (non-hydrogen) atoms. The van der Waals surface area contributed by atoms with Gasteiger partial charge in [0, 0.05) is 12.1 Å². The smallest absolute Gasteiger partial charge is 0.405 e. The van der Waals surface area contributed by atoms with Gasteiger partial charge in [-0.15, -0.1) is 24.5 Å². The van der Waals surface area contributed by atoms with Gasteiger partial charge in [0.05, 0.1) is 6.20 Å². The summed E-state index contributed by atoms with van der Waals surface area (Å²) < 4.78 is 40.9. The molecule has 0 saturated heterocycles. The molecular formula is C14H13F3N2O3S. The highest BCUT2D eigenvalue weighted by molar-refractivity contribution is 7.13. The van der Waals surface area contributed by atoms with Crippen molar-refractivity contribution in [2.24, 2.45) is 0 Å². The molecule has 2 N–H and O–H groups in total. The molecule has 0 fully saturated rings. The van der Waals surface area contributed by atoms with Gasteiger partial charge in [-0.3, -0.25) is 4.79 Å². The van der Waals surface area contributed by atoms with Gasteiger partial charge in [-0.25, -0.2) is 4.98 Å². The largest absolute Gasteiger partial charge is 0.573 e. The molecule has 1 atom stereocenters. The lowest BCUT2D eigenvalue weighted by Crippen LogP contribution is -2.23. The highest BCUT2D eigenvalue weighted by Gasteiger charge is 2.32. The maximum atomic E-state index is 12.3. The molecule has 1 heterocycles. The van der Waals surface area contributed by atoms with Gasteiger partial charge in [0.2, 0.25) is 0 Å². The predicted molar refractivity (Wildman–Crippen MR) is 77.0 cm³/mol. The highest BCUT2D eigenvalue weighted by atomic mass is 32.1. The zero-order valence-corrected chi connectivity index (χ0v) is 12.7. The molecule has 0 aliphatic rings. The Bertz CT molecular complexity index is 686. The van der Waals surface area contributed by atoms with Crippen LogP contribution in [0.4, 0.5) is 13.2 Å². The molecule has 5 nitrogen and oxygen atoms in total. The first kappa shape index (κ1) is 17.2. The van der Waals surface area contributed by atoms with E-state index >= 15 is 0 Å². The number of nitrogens with one attached hydrogen (secondary N) is 1. The maximum absolute atomic E-state index is 12.3. The van der Waals surface area contributed by atoms with Gasteiger partial charge in [0.25, 0.3) is 5.91 Å². The number of ether oxygens (including phenoxy) is 1. The van der Waals surface area contributed by atoms with E-state index in [4.69, 9.17) is 0 Å². The van der Waals surface area contributed by atoms with Crippen LogP contribution in [0.3, 0.4) is 0 Å². The van der Waals surface area contributed by atoms with Crippen LogP contribution >= 0.6 is 11.3 Å². The third-order valence-electron chi connectivity index (χ3n) is 2.74. The third-order valence-corrected chi connectivity index (χ3v) is 3.91. The van der Waals surface area contributed by atoms with Crippen molar-refractivity contribution in [3.63, 3.8) is 0 Å². The molecule has 1 amide bonds. The molecule has 2 aromatic rings. The summed E-state index contributed by atoms with van der Waals surface area (Å²) >= 11 is 1.01. The van der Waals surface area contributed by atoms with Gasteiger partial charge in [-0.2, -0.15) is 0 Å². The van der Waals surface area contributed by atoms with Crippen molar-refractivity contribution in [1.29, 1.82) is 0 Å². The minimum atomic E-state index is -4.80. The zero-order valence-electron chi connectivity index (χ0n) is 11.9. The average molecular weight is 346 g/mol. The summed E-state index contributed by atoms with van der Waals surface area (Å²) in [6.07, 6.45) is -4.29. The molecule has 0 unspecified atom stereocenters. The van der Waals surface area contributed by atoms with Crippen molar-refractivity contribution in [1.82, 2.24) is 10.3 Å². The number of carbonyl (C=O) groups is 1. The van der Waals surface area contributed by atoms with Crippen LogP contribution in [0.5, 0.6) is 5.75 Å². The minimum Gasteiger partial charge on any atom is -0.405 e. The summed E-state index contributed by atoms with van der Waals surface area (Å²) in [6, 6.07) is 5.55. The molecule has 0 aliphatic carbocycles. The van der Waals surface area contributed by atoms with Crippen LogP contribution < -0.4 is 10.1 Å². The van der Waals surface area contributed by atoms with Crippen LogP contribution in [-0.2, 0) is 6.54 Å². The summed E-state index contributed by atoms with van der Waals surface area (Å²) in [4.78, 5) is 16.1. The van der Waals surface area contributed by atoms with Gasteiger partial charge in [-0.05, 0) is 13.0 Å². The Kier molecular flexibility index (Phi) is 5.22. The quantitative estimate of drug-likeness (QED) is 0.873. The van der Waals surface area contributed by atoms with E-state index in [1.165, 1.54) is 31.3 Å². The van der Waals surface area contributed by atoms with E-state index in [0.29, 0.717) is 5.01 Å². The van der Waals surface area contributed by atoms with Crippen molar-refractivity contribution >= 4 is 17.2 Å². The van der Waals surface area contributed by atoms with E-state index in [9.17, 15) is 23.1 Å². The number of halogens is 3. The summed E-state index contributed by atoms with van der Waals surface area (Å²) in [7, 11) is 0. The van der Waals surface area contributed by atoms with Gasteiger partial charge in [0.15, 0.2) is 0 Å². The predicted octanol–water partition coefficient (Wildman–Crippen LogP) is 3.03. The van der Waals surface area contributed by atoms with Gasteiger partial charge >= 0.3 is 6.36 Å². The van der Waals surface area contributed by atoms with E-state index in [-0.39, 0.29) is 22.7 Å². The molecule has 0 radical (unpaired) electrons. The van der Waals surface area contributed by atoms with Crippen LogP contribution in [0.15, 0.2) is 30.5 Å². The molecule has 0 spiro atoms. The number of thiazole rings is 1. The fourth-order valence-corrected chi connectivity index (χ4v) is 2.49. The monoisotopic (exact) mass is 346 g/mol. The highest BCUT2D eigenvalue weighted by Crippen LogP contribution is 2.26. The summed E-state index contributed by atoms with van der Waals surface area (Å²) in [5.74, 6) is -0.856. The zero-order chi connectivity index (χ0) is 17.0. The second kappa shape index (κ2) is 6.97. The number of rotatable bonds is 5. The number of hydrogen-bond donors (Lipinski definition) is 2. The van der Waals surface area contributed by atoms with Crippen LogP contribution in [-0.4, -0.2) is 22.4 Å². The third kappa shape index (κ3) is 4.93. The lowest BCUT2D eigenvalue weighted by Gasteiger charge is -2.13. The normalized spacial score (nSPS) is 12.7. The van der Waals surface area contributed by atoms with E-state index in [0.717, 1.165) is 11.3 Å². The fraction of sp³-hybridized carbons (Fsp3) is 0.286. The molecule has 1 aromatic heterocycles. The lowest BCUT2D eigenvalue weighted by atomic mass is 10.2. The molecule has 0 bridgehead atoms. The van der Waals surface area contributed by atoms with Crippen molar-refractivity contribution in [2.45, 2.75) is 25.9 Å². The summed E-state index contributed by atoms with van der Waals surface area (Å²) in [5.41, 5.74) is 0.193. The number of alkyl halides is 3. The first-order valence-electron chi connectivity index (χ1n) is 6.52. The SMILES string of the molecule is C[C@H](O)c1ncc(C(=O)NCc2ccccc2OC(F)(F)F)s1. The molecule has 2 rings (SSSR count). The number of aliphatic hydroxyl groups is 1. The molecule has 1 aromatic carbocycles. The van der Waals surface area contributed by atoms with Crippen molar-refractivity contribution in [2.75, 3.05) is 0 Å². The standard InChI is InChI=1S/C14H13F3N2O3S/c1-8(20)13-19-7-11(23-13)12(21)18-6-9-4-2-3-5-10(9)22-14(15,16)17/h2-5,7-8,20H,6H2,1H3,(H,18,21)/t8-/m0/s1. The molecule has 0 saturated carbocycles. The number of para-hydroxylation sites is 1. The first-order chi connectivity index (χ1) is 10.8. The van der Waals surface area contributed by atoms with Crippen LogP contribution in [0.25, 0.3) is 0 Å². The number of aromatic nitrogens is 1. The van der Waals surface area contributed by atoms with Crippen molar-refractivity contribution in [3.05, 3.63) is 45.9 Å². The molecule has 0 aliphatic heterocycles. The van der Waals surface area contributed by atoms with Crippen molar-refractivity contribution in [3.8, 4) is 5.75 Å². The number of aliphatic hydroxyl groups excluding tert-OH is 1. The van der Waals surface area contributed by atoms with Gasteiger partial charge in [-0.1, -0.05) is 18.2 Å². The van der Waals surface area contributed by atoms with Gasteiger partial charge in [0.1, 0.15) is 21.7 Å². The second-order valence-electron chi connectivity index (χ2n) is 4.58. The number of benzene rings is 1. The Balaban J connectivity index is 2.04. The summed E-state index contributed by atoms with van der Waals surface area (Å²) in [5, 5.41) is 12.2. The second-order valence-corrected chi connectivity index (χ2v) is 5.64. The molecular weight excluding hydrogens is 333 g/mol. The Morgan fingerprint density at radius 3 is 2.74 bits per heavy atom. The van der Waals surface area contributed by atoms with Gasteiger partial charge < -0.3 is 15.2 Å². The maximum Gasteiger partial charge on any atom is 0.573 e. The van der Waals surface area contributed by atoms with E-state index in [1.807, 2.05) is 0 Å².